The summed E-state index contributed by atoms with van der Waals surface area (Å²) in [5.41, 5.74) is 1.04. The number of halogens is 1. The normalized spacial score (nSPS) is 10.2. The van der Waals surface area contributed by atoms with E-state index >= 15 is 0 Å². The molecule has 0 saturated carbocycles. The zero-order valence-electron chi connectivity index (χ0n) is 10.4. The first-order chi connectivity index (χ1) is 8.51. The Labute approximate surface area is 116 Å². The molecule has 0 bridgehead atoms. The lowest BCUT2D eigenvalue weighted by atomic mass is 10.2. The smallest absolute Gasteiger partial charge is 0.313 e. The van der Waals surface area contributed by atoms with Crippen molar-refractivity contribution in [3.05, 3.63) is 28.8 Å². The summed E-state index contributed by atoms with van der Waals surface area (Å²) in [7, 11) is 0. The molecule has 0 saturated heterocycles. The van der Waals surface area contributed by atoms with E-state index in [4.69, 9.17) is 16.3 Å². The molecule has 1 aromatic carbocycles. The summed E-state index contributed by atoms with van der Waals surface area (Å²) in [6.07, 6.45) is -0.166. The minimum atomic E-state index is -0.467. The van der Waals surface area contributed by atoms with Crippen molar-refractivity contribution in [2.24, 2.45) is 0 Å². The zero-order valence-corrected chi connectivity index (χ0v) is 11.9. The Morgan fingerprint density at radius 1 is 1.33 bits per heavy atom. The minimum absolute atomic E-state index is 0.143. The summed E-state index contributed by atoms with van der Waals surface area (Å²) in [6.45, 7) is 3.95. The van der Waals surface area contributed by atoms with Gasteiger partial charge >= 0.3 is 5.97 Å². The Morgan fingerprint density at radius 3 is 2.67 bits per heavy atom. The van der Waals surface area contributed by atoms with Crippen molar-refractivity contribution in [3.63, 3.8) is 0 Å². The van der Waals surface area contributed by atoms with Crippen LogP contribution in [0.4, 0.5) is 0 Å². The van der Waals surface area contributed by atoms with Crippen LogP contribution in [0, 0.1) is 6.92 Å². The molecule has 0 fully saturated rings. The molecule has 1 rings (SSSR count). The number of ketones is 1. The summed E-state index contributed by atoms with van der Waals surface area (Å²) in [5.74, 6) is -0.361. The van der Waals surface area contributed by atoms with Gasteiger partial charge < -0.3 is 4.74 Å². The summed E-state index contributed by atoms with van der Waals surface area (Å²) in [5, 5.41) is 0.648. The van der Waals surface area contributed by atoms with E-state index in [0.29, 0.717) is 11.6 Å². The molecule has 0 heterocycles. The van der Waals surface area contributed by atoms with Gasteiger partial charge in [-0.15, -0.1) is 11.8 Å². The molecular weight excluding hydrogens is 272 g/mol. The highest BCUT2D eigenvalue weighted by atomic mass is 35.5. The number of Topliss-reactive ketones (excluding diaryl/α,β-unsaturated/α-hetero) is 1. The molecule has 3 nitrogen and oxygen atoms in total. The molecule has 18 heavy (non-hydrogen) atoms. The van der Waals surface area contributed by atoms with Crippen molar-refractivity contribution in [2.45, 2.75) is 25.2 Å². The molecule has 0 amide bonds. The van der Waals surface area contributed by atoms with Crippen LogP contribution in [0.5, 0.6) is 0 Å². The third-order valence-corrected chi connectivity index (χ3v) is 3.32. The molecule has 0 aromatic heterocycles. The summed E-state index contributed by atoms with van der Waals surface area (Å²) in [4.78, 5) is 23.5. The molecule has 5 heteroatoms. The molecule has 98 valence electrons. The highest BCUT2D eigenvalue weighted by Crippen LogP contribution is 2.24. The Kier molecular flexibility index (Phi) is 6.22. The Bertz CT molecular complexity index is 426. The maximum atomic E-state index is 11.5. The second-order valence-corrected chi connectivity index (χ2v) is 5.26. The van der Waals surface area contributed by atoms with Crippen LogP contribution in [0.15, 0.2) is 23.1 Å². The first-order valence-electron chi connectivity index (χ1n) is 5.58. The number of carbonyl (C=O) groups is 2. The van der Waals surface area contributed by atoms with Crippen molar-refractivity contribution >= 4 is 35.1 Å². The van der Waals surface area contributed by atoms with Crippen LogP contribution in [0.1, 0.15) is 18.9 Å². The van der Waals surface area contributed by atoms with E-state index in [2.05, 4.69) is 0 Å². The maximum absolute atomic E-state index is 11.5. The standard InChI is InChI=1S/C13H15ClO3S/c1-3-17-13(16)7-11(15)8-18-12-5-9(2)4-10(14)6-12/h4-6H,3,7-8H2,1-2H3. The maximum Gasteiger partial charge on any atom is 0.313 e. The molecule has 0 atom stereocenters. The quantitative estimate of drug-likeness (QED) is 0.457. The van der Waals surface area contributed by atoms with Crippen LogP contribution in [0.2, 0.25) is 5.02 Å². The molecule has 0 unspecified atom stereocenters. The third kappa shape index (κ3) is 5.56. The van der Waals surface area contributed by atoms with Gasteiger partial charge in [0.15, 0.2) is 5.78 Å². The van der Waals surface area contributed by atoms with Crippen molar-refractivity contribution in [2.75, 3.05) is 12.4 Å². The molecule has 0 aliphatic rings. The number of aryl methyl sites for hydroxylation is 1. The van der Waals surface area contributed by atoms with Crippen molar-refractivity contribution in [1.29, 1.82) is 0 Å². The molecule has 0 N–H and O–H groups in total. The van der Waals surface area contributed by atoms with Crippen LogP contribution < -0.4 is 0 Å². The van der Waals surface area contributed by atoms with Gasteiger partial charge in [0.2, 0.25) is 0 Å². The van der Waals surface area contributed by atoms with Gasteiger partial charge in [0.25, 0.3) is 0 Å². The molecule has 0 aliphatic carbocycles. The molecule has 0 spiro atoms. The molecule has 0 radical (unpaired) electrons. The second kappa shape index (κ2) is 7.44. The highest BCUT2D eigenvalue weighted by Gasteiger charge is 2.10. The second-order valence-electron chi connectivity index (χ2n) is 3.77. The van der Waals surface area contributed by atoms with Crippen LogP contribution in [0.25, 0.3) is 0 Å². The topological polar surface area (TPSA) is 43.4 Å². The monoisotopic (exact) mass is 286 g/mol. The van der Waals surface area contributed by atoms with E-state index in [1.165, 1.54) is 11.8 Å². The van der Waals surface area contributed by atoms with Gasteiger partial charge in [-0.05, 0) is 37.6 Å². The first-order valence-corrected chi connectivity index (χ1v) is 6.95. The molecule has 1 aromatic rings. The number of ether oxygens (including phenoxy) is 1. The van der Waals surface area contributed by atoms with E-state index in [-0.39, 0.29) is 18.0 Å². The van der Waals surface area contributed by atoms with Crippen molar-refractivity contribution in [1.82, 2.24) is 0 Å². The van der Waals surface area contributed by atoms with Gasteiger partial charge in [0.1, 0.15) is 6.42 Å². The van der Waals surface area contributed by atoms with E-state index in [1.807, 2.05) is 19.1 Å². The fraction of sp³-hybridized carbons (Fsp3) is 0.385. The van der Waals surface area contributed by atoms with Gasteiger partial charge in [0.05, 0.1) is 12.4 Å². The minimum Gasteiger partial charge on any atom is -0.466 e. The molecule has 0 aliphatic heterocycles. The predicted molar refractivity (Wildman–Crippen MR) is 73.2 cm³/mol. The third-order valence-electron chi connectivity index (χ3n) is 2.06. The van der Waals surface area contributed by atoms with E-state index < -0.39 is 5.97 Å². The Hall–Kier alpha value is -1.00. The van der Waals surface area contributed by atoms with Crippen LogP contribution in [0.3, 0.4) is 0 Å². The van der Waals surface area contributed by atoms with Gasteiger partial charge in [-0.3, -0.25) is 9.59 Å². The fourth-order valence-electron chi connectivity index (χ4n) is 1.37. The number of rotatable bonds is 6. The fourth-order valence-corrected chi connectivity index (χ4v) is 2.64. The number of thioether (sulfide) groups is 1. The van der Waals surface area contributed by atoms with Gasteiger partial charge in [-0.2, -0.15) is 0 Å². The lowest BCUT2D eigenvalue weighted by Gasteiger charge is -2.04. The van der Waals surface area contributed by atoms with Gasteiger partial charge in [-0.25, -0.2) is 0 Å². The van der Waals surface area contributed by atoms with Crippen LogP contribution in [-0.2, 0) is 14.3 Å². The SMILES string of the molecule is CCOC(=O)CC(=O)CSc1cc(C)cc(Cl)c1. The van der Waals surface area contributed by atoms with Crippen LogP contribution >= 0.6 is 23.4 Å². The average Bonchev–Trinajstić information content (AvgIpc) is 2.25. The zero-order chi connectivity index (χ0) is 13.5. The summed E-state index contributed by atoms with van der Waals surface area (Å²) >= 11 is 7.29. The number of carbonyl (C=O) groups excluding carboxylic acids is 2. The number of hydrogen-bond acceptors (Lipinski definition) is 4. The van der Waals surface area contributed by atoms with Crippen molar-refractivity contribution in [3.8, 4) is 0 Å². The number of benzene rings is 1. The summed E-state index contributed by atoms with van der Waals surface area (Å²) in [6, 6.07) is 5.61. The largest absolute Gasteiger partial charge is 0.466 e. The Morgan fingerprint density at radius 2 is 2.06 bits per heavy atom. The number of esters is 1. The summed E-state index contributed by atoms with van der Waals surface area (Å²) < 4.78 is 4.71. The number of hydrogen-bond donors (Lipinski definition) is 0. The van der Waals surface area contributed by atoms with Gasteiger partial charge in [0, 0.05) is 9.92 Å². The lowest BCUT2D eigenvalue weighted by molar-refractivity contribution is -0.145. The van der Waals surface area contributed by atoms with E-state index in [0.717, 1.165) is 10.5 Å². The molecular formula is C13H15ClO3S. The van der Waals surface area contributed by atoms with Crippen LogP contribution in [-0.4, -0.2) is 24.1 Å². The predicted octanol–water partition coefficient (Wildman–Crippen LogP) is 3.26. The lowest BCUT2D eigenvalue weighted by Crippen LogP contribution is -2.12. The first kappa shape index (κ1) is 15.1. The van der Waals surface area contributed by atoms with E-state index in [1.54, 1.807) is 13.0 Å². The Balaban J connectivity index is 2.45. The van der Waals surface area contributed by atoms with E-state index in [9.17, 15) is 9.59 Å². The average molecular weight is 287 g/mol. The highest BCUT2D eigenvalue weighted by molar-refractivity contribution is 8.00. The van der Waals surface area contributed by atoms with Gasteiger partial charge in [-0.1, -0.05) is 11.6 Å². The van der Waals surface area contributed by atoms with Crippen molar-refractivity contribution < 1.29 is 14.3 Å².